The van der Waals surface area contributed by atoms with Crippen molar-refractivity contribution in [2.45, 2.75) is 6.92 Å². The number of amides is 1. The van der Waals surface area contributed by atoms with Gasteiger partial charge in [0.15, 0.2) is 0 Å². The van der Waals surface area contributed by atoms with Crippen molar-refractivity contribution in [3.8, 4) is 0 Å². The van der Waals surface area contributed by atoms with Gasteiger partial charge >= 0.3 is 0 Å². The largest absolute Gasteiger partial charge is 0.376 e. The molecule has 0 spiro atoms. The highest BCUT2D eigenvalue weighted by Crippen LogP contribution is 2.24. The van der Waals surface area contributed by atoms with Crippen LogP contribution in [0.5, 0.6) is 0 Å². The Labute approximate surface area is 139 Å². The smallest absolute Gasteiger partial charge is 0.243 e. The van der Waals surface area contributed by atoms with E-state index in [1.807, 2.05) is 43.5 Å². The first-order valence-corrected chi connectivity index (χ1v) is 7.64. The lowest BCUT2D eigenvalue weighted by Crippen LogP contribution is -2.22. The number of aromatic nitrogens is 1. The Morgan fingerprint density at radius 3 is 2.91 bits per heavy atom. The van der Waals surface area contributed by atoms with Gasteiger partial charge < -0.3 is 10.6 Å². The summed E-state index contributed by atoms with van der Waals surface area (Å²) in [5.74, 6) is -0.110. The van der Waals surface area contributed by atoms with Crippen LogP contribution in [0.15, 0.2) is 54.9 Å². The lowest BCUT2D eigenvalue weighted by Gasteiger charge is -2.12. The van der Waals surface area contributed by atoms with Gasteiger partial charge in [-0.1, -0.05) is 23.7 Å². The molecule has 3 aromatic rings. The summed E-state index contributed by atoms with van der Waals surface area (Å²) in [4.78, 5) is 16.2. The Hall–Kier alpha value is -2.59. The topological polar surface area (TPSA) is 54.0 Å². The molecular weight excluding hydrogens is 310 g/mol. The highest BCUT2D eigenvalue weighted by Gasteiger charge is 2.07. The van der Waals surface area contributed by atoms with Gasteiger partial charge in [0, 0.05) is 34.2 Å². The third-order valence-electron chi connectivity index (χ3n) is 3.64. The van der Waals surface area contributed by atoms with Crippen LogP contribution in [-0.4, -0.2) is 17.4 Å². The van der Waals surface area contributed by atoms with Gasteiger partial charge in [0.1, 0.15) is 0 Å². The third kappa shape index (κ3) is 3.60. The number of nitrogens with one attached hydrogen (secondary N) is 2. The van der Waals surface area contributed by atoms with Crippen LogP contribution in [0.1, 0.15) is 5.56 Å². The van der Waals surface area contributed by atoms with Crippen LogP contribution >= 0.6 is 11.6 Å². The quantitative estimate of drug-likeness (QED) is 0.754. The zero-order chi connectivity index (χ0) is 16.2. The van der Waals surface area contributed by atoms with Gasteiger partial charge in [-0.25, -0.2) is 0 Å². The Balaban J connectivity index is 1.69. The Morgan fingerprint density at radius 1 is 1.22 bits per heavy atom. The summed E-state index contributed by atoms with van der Waals surface area (Å²) >= 11 is 5.92. The zero-order valence-corrected chi connectivity index (χ0v) is 13.4. The predicted octanol–water partition coefficient (Wildman–Crippen LogP) is 4.25. The van der Waals surface area contributed by atoms with Gasteiger partial charge in [-0.05, 0) is 48.2 Å². The van der Waals surface area contributed by atoms with E-state index in [2.05, 4.69) is 15.6 Å². The Kier molecular flexibility index (Phi) is 4.44. The Morgan fingerprint density at radius 2 is 2.09 bits per heavy atom. The molecule has 0 fully saturated rings. The number of carbonyl (C=O) groups excluding carboxylic acids is 1. The van der Waals surface area contributed by atoms with E-state index >= 15 is 0 Å². The van der Waals surface area contributed by atoms with E-state index in [9.17, 15) is 4.79 Å². The fraction of sp³-hybridized carbons (Fsp3) is 0.111. The number of pyridine rings is 1. The van der Waals surface area contributed by atoms with Crippen molar-refractivity contribution in [1.82, 2.24) is 4.98 Å². The molecule has 2 N–H and O–H groups in total. The maximum Gasteiger partial charge on any atom is 0.243 e. The van der Waals surface area contributed by atoms with Gasteiger partial charge in [-0.15, -0.1) is 0 Å². The number of nitrogens with zero attached hydrogens (tertiary/aromatic N) is 1. The average Bonchev–Trinajstić information content (AvgIpc) is 2.56. The number of carbonyl (C=O) groups is 1. The molecule has 0 aliphatic carbocycles. The molecule has 1 heterocycles. The van der Waals surface area contributed by atoms with Gasteiger partial charge in [-0.2, -0.15) is 0 Å². The van der Waals surface area contributed by atoms with E-state index in [4.69, 9.17) is 11.6 Å². The number of anilines is 2. The molecule has 0 bridgehead atoms. The molecule has 3 rings (SSSR count). The minimum atomic E-state index is -0.110. The van der Waals surface area contributed by atoms with Crippen LogP contribution in [0.2, 0.25) is 5.02 Å². The maximum absolute atomic E-state index is 12.1. The molecule has 4 nitrogen and oxygen atoms in total. The molecule has 0 radical (unpaired) electrons. The monoisotopic (exact) mass is 325 g/mol. The van der Waals surface area contributed by atoms with E-state index in [0.717, 1.165) is 27.7 Å². The molecular formula is C18H16ClN3O. The molecule has 0 aliphatic heterocycles. The molecule has 116 valence electrons. The van der Waals surface area contributed by atoms with Crippen molar-refractivity contribution in [2.75, 3.05) is 17.2 Å². The number of hydrogen-bond donors (Lipinski definition) is 2. The second kappa shape index (κ2) is 6.67. The SMILES string of the molecule is Cc1c(NC(=O)CNc2cccc(Cl)c2)ccc2cnccc12. The molecule has 0 saturated heterocycles. The first-order chi connectivity index (χ1) is 11.1. The fourth-order valence-corrected chi connectivity index (χ4v) is 2.63. The molecule has 23 heavy (non-hydrogen) atoms. The summed E-state index contributed by atoms with van der Waals surface area (Å²) in [7, 11) is 0. The van der Waals surface area contributed by atoms with Crippen LogP contribution < -0.4 is 10.6 Å². The lowest BCUT2D eigenvalue weighted by molar-refractivity contribution is -0.114. The summed E-state index contributed by atoms with van der Waals surface area (Å²) in [6.45, 7) is 2.16. The molecule has 1 aromatic heterocycles. The summed E-state index contributed by atoms with van der Waals surface area (Å²) in [5, 5.41) is 8.76. The average molecular weight is 326 g/mol. The number of halogens is 1. The van der Waals surface area contributed by atoms with Crippen LogP contribution in [-0.2, 0) is 4.79 Å². The number of aryl methyl sites for hydroxylation is 1. The molecule has 2 aromatic carbocycles. The van der Waals surface area contributed by atoms with E-state index in [0.29, 0.717) is 5.02 Å². The van der Waals surface area contributed by atoms with Gasteiger partial charge in [-0.3, -0.25) is 9.78 Å². The van der Waals surface area contributed by atoms with Crippen molar-refractivity contribution < 1.29 is 4.79 Å². The maximum atomic E-state index is 12.1. The molecule has 5 heteroatoms. The van der Waals surface area contributed by atoms with Crippen molar-refractivity contribution in [3.05, 3.63) is 65.4 Å². The van der Waals surface area contributed by atoms with Crippen molar-refractivity contribution in [1.29, 1.82) is 0 Å². The first-order valence-electron chi connectivity index (χ1n) is 7.26. The van der Waals surface area contributed by atoms with Crippen LogP contribution in [0, 0.1) is 6.92 Å². The van der Waals surface area contributed by atoms with E-state index in [1.54, 1.807) is 18.3 Å². The van der Waals surface area contributed by atoms with Crippen molar-refractivity contribution in [2.24, 2.45) is 0 Å². The first kappa shape index (κ1) is 15.3. The molecule has 0 saturated carbocycles. The standard InChI is InChI=1S/C18H16ClN3O/c1-12-16-7-8-20-10-13(16)5-6-17(12)22-18(23)11-21-15-4-2-3-14(19)9-15/h2-10,21H,11H2,1H3,(H,22,23). The van der Waals surface area contributed by atoms with E-state index in [1.165, 1.54) is 0 Å². The predicted molar refractivity (Wildman–Crippen MR) is 95.1 cm³/mol. The van der Waals surface area contributed by atoms with Gasteiger partial charge in [0.2, 0.25) is 5.91 Å². The molecule has 1 amide bonds. The normalized spacial score (nSPS) is 10.5. The van der Waals surface area contributed by atoms with Crippen LogP contribution in [0.3, 0.4) is 0 Å². The minimum absolute atomic E-state index is 0.110. The summed E-state index contributed by atoms with van der Waals surface area (Å²) in [6.07, 6.45) is 3.57. The molecule has 0 unspecified atom stereocenters. The summed E-state index contributed by atoms with van der Waals surface area (Å²) < 4.78 is 0. The second-order valence-corrected chi connectivity index (χ2v) is 5.68. The lowest BCUT2D eigenvalue weighted by atomic mass is 10.1. The summed E-state index contributed by atoms with van der Waals surface area (Å²) in [5.41, 5.74) is 2.65. The third-order valence-corrected chi connectivity index (χ3v) is 3.88. The molecule has 0 aliphatic rings. The summed E-state index contributed by atoms with van der Waals surface area (Å²) in [6, 6.07) is 13.1. The zero-order valence-electron chi connectivity index (χ0n) is 12.6. The van der Waals surface area contributed by atoms with Gasteiger partial charge in [0.05, 0.1) is 6.54 Å². The van der Waals surface area contributed by atoms with Gasteiger partial charge in [0.25, 0.3) is 0 Å². The van der Waals surface area contributed by atoms with Crippen molar-refractivity contribution in [3.63, 3.8) is 0 Å². The molecule has 0 atom stereocenters. The van der Waals surface area contributed by atoms with Crippen LogP contribution in [0.25, 0.3) is 10.8 Å². The number of benzene rings is 2. The highest BCUT2D eigenvalue weighted by molar-refractivity contribution is 6.30. The van der Waals surface area contributed by atoms with Crippen molar-refractivity contribution >= 4 is 39.7 Å². The fourth-order valence-electron chi connectivity index (χ4n) is 2.43. The van der Waals surface area contributed by atoms with Crippen LogP contribution in [0.4, 0.5) is 11.4 Å². The van der Waals surface area contributed by atoms with E-state index < -0.39 is 0 Å². The minimum Gasteiger partial charge on any atom is -0.376 e. The van der Waals surface area contributed by atoms with E-state index in [-0.39, 0.29) is 12.5 Å². The number of fused-ring (bicyclic) bond motifs is 1. The number of rotatable bonds is 4. The Bertz CT molecular complexity index is 864. The second-order valence-electron chi connectivity index (χ2n) is 5.25. The number of hydrogen-bond acceptors (Lipinski definition) is 3. The highest BCUT2D eigenvalue weighted by atomic mass is 35.5.